The van der Waals surface area contributed by atoms with Crippen LogP contribution in [0.3, 0.4) is 0 Å². The number of ether oxygens (including phenoxy) is 3. The van der Waals surface area contributed by atoms with Crippen LogP contribution in [-0.2, 0) is 44.2 Å². The van der Waals surface area contributed by atoms with Crippen LogP contribution in [-0.4, -0.2) is 110 Å². The third-order valence-electron chi connectivity index (χ3n) is 29.7. The number of unbranched alkanes of at least 4 members (excludes halogenated alkanes) is 2. The summed E-state index contributed by atoms with van der Waals surface area (Å²) >= 11 is 21.7. The molecule has 0 radical (unpaired) electrons. The van der Waals surface area contributed by atoms with Gasteiger partial charge in [-0.25, -0.2) is 18.2 Å². The molecule has 4 unspecified atom stereocenters. The number of aromatic carboxylic acids is 1. The lowest BCUT2D eigenvalue weighted by molar-refractivity contribution is -0.875. The second kappa shape index (κ2) is 45.2. The highest BCUT2D eigenvalue weighted by Gasteiger charge is 2.46. The number of amides is 1. The second-order valence-electron chi connectivity index (χ2n) is 46.3. The van der Waals surface area contributed by atoms with Gasteiger partial charge in [0.25, 0.3) is 0 Å². The van der Waals surface area contributed by atoms with E-state index in [4.69, 9.17) is 68.2 Å². The molecule has 22 nitrogen and oxygen atoms in total. The van der Waals surface area contributed by atoms with E-state index in [0.29, 0.717) is 60.1 Å². The molecule has 8 N–H and O–H groups in total. The maximum Gasteiger partial charge on any atom is 0.373 e. The molecule has 7 heterocycles. The average molecular weight is 2140 g/mol. The van der Waals surface area contributed by atoms with Crippen molar-refractivity contribution in [2.45, 2.75) is 317 Å². The Labute approximate surface area is 898 Å². The van der Waals surface area contributed by atoms with Gasteiger partial charge in [-0.1, -0.05) is 224 Å². The zero-order valence-electron chi connectivity index (χ0n) is 91.1. The number of quaternary nitrogens is 1. The lowest BCUT2D eigenvalue weighted by Gasteiger charge is -2.40. The Balaban J connectivity index is 0.000000183. The molecule has 7 aliphatic heterocycles. The summed E-state index contributed by atoms with van der Waals surface area (Å²) in [6.07, 6.45) is 19.5. The molecule has 0 saturated carbocycles. The standard InChI is InChI=1S/C42H50Cl3N3O10S3.2C36H41NO.C5H13N.2CO2/c1-19(2)12-10-9-11-13-46-26(49)18-59-37-31(44)28(29(40(50)51)30(43)32(37)45)27-24-14-22-20(3)16-41(5,6)47-33(22)38(60(52,53)54)35(24)58-36-25(27)15-23-21(4)17-42(7,8)48-34(23)39(36)61(55,56)57;1-9-23-19-35(5,6)20-26-14-32-30(16-28(23)26)34(25-12-10-24(11-13-25)21(2)3)29-15-27-22(4)18-36(7,8)37-31(27)17-33(29)38-32;1-9-23-19-35(5,6)20-26-14-32-30(16-28(23)26)34(25-12-10-11-24(13-25)21(2)3)29-15-27-22(4)18-36(7,8)37-31(27)17-33(29)38-32;1-4-6(3)5-2;2*2-1-3/h14-15,19-21,47H,9-13,16-18H2,1-8H3,(H,46,49)(H,50,51)(H,52,53,54)(H,55,56,57);2*10-18,20-21,23,37H,9,19H2,1-8H3;4-5H2,1-3H3;;/p+1. The minimum atomic E-state index is -5.48. The molecule has 4 atom stereocenters. The van der Waals surface area contributed by atoms with E-state index in [1.54, 1.807) is 17.0 Å². The minimum absolute atomic E-state index is 0.0127. The highest BCUT2D eigenvalue weighted by molar-refractivity contribution is 8.00. The molecule has 1 amide bonds. The van der Waals surface area contributed by atoms with Crippen molar-refractivity contribution in [2.75, 3.05) is 48.4 Å². The minimum Gasteiger partial charge on any atom is -0.744 e. The first-order valence-electron chi connectivity index (χ1n) is 52.0. The van der Waals surface area contributed by atoms with Crippen LogP contribution in [0.15, 0.2) is 136 Å². The predicted octanol–water partition coefficient (Wildman–Crippen LogP) is 22.3. The van der Waals surface area contributed by atoms with E-state index in [1.807, 2.05) is 41.5 Å². The van der Waals surface area contributed by atoms with Crippen molar-refractivity contribution in [2.24, 2.45) is 16.7 Å². The molecule has 0 bridgehead atoms. The Morgan fingerprint density at radius 2 is 1.05 bits per heavy atom. The second-order valence-corrected chi connectivity index (χ2v) is 51.0. The molecule has 9 aromatic carbocycles. The third-order valence-corrected chi connectivity index (χ3v) is 34.1. The van der Waals surface area contributed by atoms with Crippen LogP contribution in [0.5, 0.6) is 34.5 Å². The number of hydrogen-bond acceptors (Lipinski definition) is 18. The maximum atomic E-state index is 13.6. The molecule has 18 rings (SSSR count). The zero-order chi connectivity index (χ0) is 110. The van der Waals surface area contributed by atoms with Gasteiger partial charge in [-0.05, 0) is 283 Å². The van der Waals surface area contributed by atoms with Gasteiger partial charge in [0.05, 0.1) is 63.3 Å². The van der Waals surface area contributed by atoms with Crippen molar-refractivity contribution in [1.82, 2.24) is 5.32 Å². The summed E-state index contributed by atoms with van der Waals surface area (Å²) in [4.78, 5) is 62.1. The van der Waals surface area contributed by atoms with Crippen LogP contribution in [0.4, 0.5) is 17.1 Å². The van der Waals surface area contributed by atoms with E-state index in [2.05, 4.69) is 293 Å². The molecule has 28 heteroatoms. The van der Waals surface area contributed by atoms with E-state index in [9.17, 15) is 40.6 Å². The first-order valence-corrected chi connectivity index (χ1v) is 57.0. The Kier molecular flexibility index (Phi) is 34.9. The maximum absolute atomic E-state index is 13.6. The van der Waals surface area contributed by atoms with Gasteiger partial charge in [0.2, 0.25) is 16.2 Å². The van der Waals surface area contributed by atoms with E-state index >= 15 is 0 Å². The monoisotopic (exact) mass is 2140 g/mol. The number of halogens is 3. The predicted molar refractivity (Wildman–Crippen MR) is 596 cm³/mol. The number of thioether (sulfide) groups is 1. The van der Waals surface area contributed by atoms with Gasteiger partial charge in [-0.3, -0.25) is 9.35 Å². The number of hydrogen-bond donors (Lipinski definition) is 8. The molecule has 0 fully saturated rings. The first kappa shape index (κ1) is 115. The van der Waals surface area contributed by atoms with Gasteiger partial charge in [0.1, 0.15) is 38.0 Å². The summed E-state index contributed by atoms with van der Waals surface area (Å²) in [6, 6.07) is 40.1. The Hall–Kier alpha value is -10.9. The van der Waals surface area contributed by atoms with E-state index in [0.717, 1.165) is 84.7 Å². The van der Waals surface area contributed by atoms with Crippen LogP contribution >= 0.6 is 46.6 Å². The molecule has 794 valence electrons. The SMILES string of the molecule is CC(C)CCCCCNC(=O)CSc1c(Cl)c(Cl)c(C(=O)O)c(C2=c3cc4c(c(S(=O)(=O)O)c3Oc3c2cc2c(c3S(=O)(=O)[O-])NC(C)(C)CC2C)=[NH+]C(C)(C)CC4C)c1Cl.CCC1CC(C)(C)C=c2cc3c(cc21)=C(c1ccc(C(C)C)cc1)c1cc2c(cc1O3)NC(C)(C)C=C2C.CCC1CC(C)(C)C=c2cc3c(cc21)=C(c1cccc(C(C)C)c1)c1cc2c(cc1O3)NC(C)(C)C=C2C.CC[NH+](C)CC.O=C=O.O=C=O. The van der Waals surface area contributed by atoms with Crippen LogP contribution < -0.4 is 76.8 Å². The highest BCUT2D eigenvalue weighted by Crippen LogP contribution is 2.57. The zero-order valence-corrected chi connectivity index (χ0v) is 95.8. The fraction of sp³-hybridized carbons (Fsp3) is 0.446. The summed E-state index contributed by atoms with van der Waals surface area (Å²) < 4.78 is 98.7. The number of carboxylic acids is 1. The smallest absolute Gasteiger partial charge is 0.373 e. The van der Waals surface area contributed by atoms with E-state index in [1.165, 1.54) is 125 Å². The van der Waals surface area contributed by atoms with Gasteiger partial charge in [0.15, 0.2) is 17.0 Å². The molecular formula is C121H146Cl3N6O16S3+. The number of fused-ring (bicyclic) bond motifs is 12. The molecule has 9 aromatic rings. The molecule has 2 aliphatic carbocycles. The molecular weight excluding hydrogens is 2000 g/mol. The number of rotatable bonds is 21. The Bertz CT molecular complexity index is 7620. The number of benzene rings is 9. The normalized spacial score (nSPS) is 18.5. The topological polar surface area (TPSA) is 328 Å². The number of carbonyl (C=O) groups is 2. The molecule has 149 heavy (non-hydrogen) atoms. The largest absolute Gasteiger partial charge is 0.744 e. The number of carbonyl (C=O) groups excluding carboxylic acids is 5. The lowest BCUT2D eigenvalue weighted by atomic mass is 9.73. The summed E-state index contributed by atoms with van der Waals surface area (Å²) in [5.74, 6) is 2.36. The fourth-order valence-corrected chi connectivity index (χ4v) is 26.5. The average Bonchev–Trinajstić information content (AvgIpc) is 0.692. The molecule has 0 spiro atoms. The first-order chi connectivity index (χ1) is 69.7. The van der Waals surface area contributed by atoms with Crippen molar-refractivity contribution < 1.29 is 83.9 Å². The van der Waals surface area contributed by atoms with E-state index in [-0.39, 0.29) is 106 Å². The van der Waals surface area contributed by atoms with Crippen LogP contribution in [0.1, 0.15) is 368 Å². The number of anilines is 3. The highest BCUT2D eigenvalue weighted by atomic mass is 35.5. The van der Waals surface area contributed by atoms with Crippen molar-refractivity contribution in [1.29, 1.82) is 0 Å². The van der Waals surface area contributed by atoms with Crippen molar-refractivity contribution in [3.8, 4) is 34.5 Å². The molecule has 9 aliphatic rings. The fourth-order valence-electron chi connectivity index (χ4n) is 22.9. The third kappa shape index (κ3) is 25.2. The van der Waals surface area contributed by atoms with Gasteiger partial charge < -0.3 is 50.0 Å². The lowest BCUT2D eigenvalue weighted by Crippen LogP contribution is -3.08. The number of nitrogens with one attached hydrogen (secondary N) is 6. The Morgan fingerprint density at radius 3 is 1.52 bits per heavy atom. The van der Waals surface area contributed by atoms with Gasteiger partial charge >= 0.3 is 28.4 Å². The molecule has 0 aromatic heterocycles. The van der Waals surface area contributed by atoms with Gasteiger partial charge in [-0.2, -0.15) is 27.6 Å². The van der Waals surface area contributed by atoms with Crippen molar-refractivity contribution in [3.63, 3.8) is 0 Å². The van der Waals surface area contributed by atoms with Gasteiger partial charge in [-0.15, -0.1) is 11.8 Å². The summed E-state index contributed by atoms with van der Waals surface area (Å²) in [7, 11) is -8.53. The van der Waals surface area contributed by atoms with E-state index < -0.39 is 69.2 Å². The van der Waals surface area contributed by atoms with Crippen molar-refractivity contribution in [3.05, 3.63) is 251 Å². The quantitative estimate of drug-likeness (QED) is 0.0143. The van der Waals surface area contributed by atoms with Crippen LogP contribution in [0.25, 0.3) is 40.0 Å². The van der Waals surface area contributed by atoms with Gasteiger partial charge in [0, 0.05) is 118 Å². The Morgan fingerprint density at radius 1 is 0.550 bits per heavy atom. The number of carboxylic acid groups (broad SMARTS) is 1. The summed E-state index contributed by atoms with van der Waals surface area (Å²) in [5, 5.41) is 28.3. The number of allylic oxidation sites excluding steroid dienone is 2. The summed E-state index contributed by atoms with van der Waals surface area (Å²) in [5.41, 5.74) is 18.8. The summed E-state index contributed by atoms with van der Waals surface area (Å²) in [6.45, 7) is 59.1. The van der Waals surface area contributed by atoms with Crippen LogP contribution in [0.2, 0.25) is 15.1 Å². The van der Waals surface area contributed by atoms with Crippen LogP contribution in [0, 0.1) is 16.7 Å². The van der Waals surface area contributed by atoms with Crippen molar-refractivity contribution >= 4 is 148 Å². The molecule has 0 saturated heterocycles.